The third-order valence-corrected chi connectivity index (χ3v) is 7.59. The molecule has 0 N–H and O–H groups in total. The van der Waals surface area contributed by atoms with E-state index in [0.717, 1.165) is 34.3 Å². The first kappa shape index (κ1) is 22.4. The van der Waals surface area contributed by atoms with E-state index in [9.17, 15) is 13.2 Å². The molecule has 0 radical (unpaired) electrons. The Kier molecular flexibility index (Phi) is 6.90. The Bertz CT molecular complexity index is 1100. The molecule has 8 heteroatoms. The highest BCUT2D eigenvalue weighted by Crippen LogP contribution is 2.31. The molecular formula is C22H27N3O3S2. The Morgan fingerprint density at radius 3 is 2.37 bits per heavy atom. The molecule has 2 aromatic carbocycles. The highest BCUT2D eigenvalue weighted by Gasteiger charge is 2.26. The van der Waals surface area contributed by atoms with Crippen LogP contribution in [0.15, 0.2) is 47.4 Å². The quantitative estimate of drug-likeness (QED) is 0.529. The summed E-state index contributed by atoms with van der Waals surface area (Å²) in [5, 5.41) is 0.544. The normalized spacial score (nSPS) is 11.9. The van der Waals surface area contributed by atoms with Gasteiger partial charge >= 0.3 is 0 Å². The van der Waals surface area contributed by atoms with Crippen molar-refractivity contribution in [1.29, 1.82) is 0 Å². The average Bonchev–Trinajstić information content (AvgIpc) is 3.07. The number of carbonyl (C=O) groups excluding carboxylic acids is 1. The lowest BCUT2D eigenvalue weighted by atomic mass is 10.1. The smallest absolute Gasteiger partial charge is 0.244 e. The van der Waals surface area contributed by atoms with Crippen LogP contribution in [0.5, 0.6) is 0 Å². The molecule has 0 saturated heterocycles. The third-order valence-electron chi connectivity index (χ3n) is 4.93. The molecule has 0 atom stereocenters. The summed E-state index contributed by atoms with van der Waals surface area (Å²) in [5.74, 6) is -1.03. The maximum Gasteiger partial charge on any atom is 0.244 e. The molecule has 0 bridgehead atoms. The number of hydrogen-bond acceptors (Lipinski definition) is 6. The second-order valence-electron chi connectivity index (χ2n) is 7.67. The van der Waals surface area contributed by atoms with Crippen molar-refractivity contribution >= 4 is 42.4 Å². The predicted molar refractivity (Wildman–Crippen MR) is 123 cm³/mol. The Labute approximate surface area is 182 Å². The second-order valence-corrected chi connectivity index (χ2v) is 10.7. The number of nitrogens with zero attached hydrogens (tertiary/aromatic N) is 3. The molecule has 0 unspecified atom stereocenters. The van der Waals surface area contributed by atoms with Gasteiger partial charge in [-0.05, 0) is 76.3 Å². The topological polar surface area (TPSA) is 70.6 Å². The Morgan fingerprint density at radius 1 is 1.03 bits per heavy atom. The van der Waals surface area contributed by atoms with Gasteiger partial charge in [-0.2, -0.15) is 0 Å². The fourth-order valence-electron chi connectivity index (χ4n) is 3.11. The van der Waals surface area contributed by atoms with E-state index in [4.69, 9.17) is 0 Å². The minimum absolute atomic E-state index is 0.155. The molecule has 160 valence electrons. The molecule has 0 saturated carbocycles. The zero-order valence-corrected chi connectivity index (χ0v) is 19.4. The van der Waals surface area contributed by atoms with E-state index in [1.807, 2.05) is 38.9 Å². The van der Waals surface area contributed by atoms with Crippen LogP contribution in [0.2, 0.25) is 0 Å². The van der Waals surface area contributed by atoms with Crippen molar-refractivity contribution in [3.8, 4) is 0 Å². The molecule has 0 fully saturated rings. The largest absolute Gasteiger partial charge is 0.309 e. The zero-order valence-electron chi connectivity index (χ0n) is 17.8. The molecule has 3 rings (SSSR count). The van der Waals surface area contributed by atoms with Gasteiger partial charge in [-0.25, -0.2) is 13.4 Å². The van der Waals surface area contributed by atoms with Crippen molar-refractivity contribution in [2.75, 3.05) is 37.8 Å². The average molecular weight is 446 g/mol. The molecular weight excluding hydrogens is 418 g/mol. The molecule has 3 aromatic rings. The second kappa shape index (κ2) is 9.24. The number of amides is 1. The summed E-state index contributed by atoms with van der Waals surface area (Å²) >= 11 is 1.42. The SMILES string of the molecule is Cc1cc2nc(N(CCCN(C)C)C(=O)CS(=O)(=O)c3ccccc3)sc2cc1C. The monoisotopic (exact) mass is 445 g/mol. The van der Waals surface area contributed by atoms with Gasteiger partial charge in [-0.1, -0.05) is 29.5 Å². The fourth-order valence-corrected chi connectivity index (χ4v) is 5.42. The van der Waals surface area contributed by atoms with Gasteiger partial charge in [-0.15, -0.1) is 0 Å². The Hall–Kier alpha value is -2.29. The molecule has 1 amide bonds. The number of aromatic nitrogens is 1. The maximum atomic E-state index is 13.1. The van der Waals surface area contributed by atoms with Gasteiger partial charge in [0.2, 0.25) is 5.91 Å². The minimum Gasteiger partial charge on any atom is -0.309 e. The summed E-state index contributed by atoms with van der Waals surface area (Å²) in [4.78, 5) is 21.5. The van der Waals surface area contributed by atoms with Crippen LogP contribution in [0.25, 0.3) is 10.2 Å². The third kappa shape index (κ3) is 5.24. The summed E-state index contributed by atoms with van der Waals surface area (Å²) in [6, 6.07) is 12.2. The highest BCUT2D eigenvalue weighted by molar-refractivity contribution is 7.92. The molecule has 0 aliphatic heterocycles. The number of benzene rings is 2. The van der Waals surface area contributed by atoms with Crippen molar-refractivity contribution in [2.45, 2.75) is 25.2 Å². The molecule has 1 heterocycles. The van der Waals surface area contributed by atoms with Crippen molar-refractivity contribution in [3.05, 3.63) is 53.6 Å². The fraction of sp³-hybridized carbons (Fsp3) is 0.364. The van der Waals surface area contributed by atoms with E-state index < -0.39 is 21.5 Å². The van der Waals surface area contributed by atoms with Crippen molar-refractivity contribution in [3.63, 3.8) is 0 Å². The molecule has 1 aromatic heterocycles. The summed E-state index contributed by atoms with van der Waals surface area (Å²) in [7, 11) is 0.213. The lowest BCUT2D eigenvalue weighted by molar-refractivity contribution is -0.116. The molecule has 0 spiro atoms. The van der Waals surface area contributed by atoms with E-state index in [1.165, 1.54) is 28.4 Å². The van der Waals surface area contributed by atoms with Crippen LogP contribution in [-0.2, 0) is 14.6 Å². The molecule has 30 heavy (non-hydrogen) atoms. The highest BCUT2D eigenvalue weighted by atomic mass is 32.2. The van der Waals surface area contributed by atoms with Crippen LogP contribution in [0.1, 0.15) is 17.5 Å². The number of carbonyl (C=O) groups is 1. The number of hydrogen-bond donors (Lipinski definition) is 0. The number of thiazole rings is 1. The number of anilines is 1. The van der Waals surface area contributed by atoms with E-state index in [2.05, 4.69) is 11.1 Å². The molecule has 0 aliphatic carbocycles. The van der Waals surface area contributed by atoms with Gasteiger partial charge in [0.05, 0.1) is 15.1 Å². The first-order valence-electron chi connectivity index (χ1n) is 9.78. The number of sulfone groups is 1. The van der Waals surface area contributed by atoms with Crippen LogP contribution in [0.4, 0.5) is 5.13 Å². The zero-order chi connectivity index (χ0) is 21.9. The molecule has 6 nitrogen and oxygen atoms in total. The van der Waals surface area contributed by atoms with Crippen LogP contribution in [0.3, 0.4) is 0 Å². The maximum absolute atomic E-state index is 13.1. The van der Waals surface area contributed by atoms with Gasteiger partial charge in [-0.3, -0.25) is 9.69 Å². The van der Waals surface area contributed by atoms with Crippen molar-refractivity contribution in [1.82, 2.24) is 9.88 Å². The first-order valence-corrected chi connectivity index (χ1v) is 12.2. The lowest BCUT2D eigenvalue weighted by Crippen LogP contribution is -2.37. The number of aryl methyl sites for hydroxylation is 2. The van der Waals surface area contributed by atoms with Gasteiger partial charge < -0.3 is 4.90 Å². The van der Waals surface area contributed by atoms with E-state index >= 15 is 0 Å². The minimum atomic E-state index is -3.72. The Morgan fingerprint density at radius 2 is 1.70 bits per heavy atom. The summed E-state index contributed by atoms with van der Waals surface area (Å²) < 4.78 is 26.5. The van der Waals surface area contributed by atoms with E-state index in [0.29, 0.717) is 11.7 Å². The first-order chi connectivity index (χ1) is 14.2. The van der Waals surface area contributed by atoms with Gasteiger partial charge in [0.1, 0.15) is 5.75 Å². The predicted octanol–water partition coefficient (Wildman–Crippen LogP) is 3.67. The van der Waals surface area contributed by atoms with Crippen molar-refractivity contribution < 1.29 is 13.2 Å². The summed E-state index contributed by atoms with van der Waals surface area (Å²) in [6.07, 6.45) is 0.720. The van der Waals surface area contributed by atoms with Crippen LogP contribution < -0.4 is 4.90 Å². The van der Waals surface area contributed by atoms with E-state index in [1.54, 1.807) is 18.2 Å². The lowest BCUT2D eigenvalue weighted by Gasteiger charge is -2.21. The number of fused-ring (bicyclic) bond motifs is 1. The van der Waals surface area contributed by atoms with Gasteiger partial charge in [0.15, 0.2) is 15.0 Å². The molecule has 0 aliphatic rings. The Balaban J connectivity index is 1.91. The van der Waals surface area contributed by atoms with Crippen molar-refractivity contribution in [2.24, 2.45) is 0 Å². The van der Waals surface area contributed by atoms with Crippen LogP contribution in [-0.4, -0.2) is 57.1 Å². The number of rotatable bonds is 8. The van der Waals surface area contributed by atoms with Crippen LogP contribution in [0, 0.1) is 13.8 Å². The van der Waals surface area contributed by atoms with Gasteiger partial charge in [0, 0.05) is 6.54 Å². The standard InChI is InChI=1S/C22H27N3O3S2/c1-16-13-19-20(14-17(16)2)29-22(23-19)25(12-8-11-24(3)4)21(26)15-30(27,28)18-9-6-5-7-10-18/h5-7,9-10,13-14H,8,11-12,15H2,1-4H3. The summed E-state index contributed by atoms with van der Waals surface area (Å²) in [5.41, 5.74) is 3.13. The van der Waals surface area contributed by atoms with Crippen LogP contribution >= 0.6 is 11.3 Å². The van der Waals surface area contributed by atoms with Gasteiger partial charge in [0.25, 0.3) is 0 Å². The summed E-state index contributed by atoms with van der Waals surface area (Å²) in [6.45, 7) is 5.28. The van der Waals surface area contributed by atoms with E-state index in [-0.39, 0.29) is 4.90 Å².